The van der Waals surface area contributed by atoms with Gasteiger partial charge in [-0.15, -0.1) is 0 Å². The van der Waals surface area contributed by atoms with Crippen LogP contribution in [0.1, 0.15) is 56.2 Å². The van der Waals surface area contributed by atoms with Crippen LogP contribution in [0.3, 0.4) is 0 Å². The Morgan fingerprint density at radius 3 is 2.86 bits per heavy atom. The largest absolute Gasteiger partial charge is 0.361 e. The molecule has 6 heteroatoms. The summed E-state index contributed by atoms with van der Waals surface area (Å²) in [5.74, 6) is 1.91. The van der Waals surface area contributed by atoms with Crippen LogP contribution in [0.25, 0.3) is 0 Å². The second-order valence-electron chi connectivity index (χ2n) is 5.66. The van der Waals surface area contributed by atoms with Crippen LogP contribution in [0.5, 0.6) is 0 Å². The molecule has 1 heterocycles. The molecule has 0 spiro atoms. The van der Waals surface area contributed by atoms with Crippen molar-refractivity contribution in [2.75, 3.05) is 5.75 Å². The minimum atomic E-state index is -0.102. The van der Waals surface area contributed by atoms with E-state index >= 15 is 0 Å². The van der Waals surface area contributed by atoms with Crippen molar-refractivity contribution in [2.24, 2.45) is 0 Å². The molecule has 118 valence electrons. The fourth-order valence-electron chi connectivity index (χ4n) is 3.06. The van der Waals surface area contributed by atoms with Crippen LogP contribution in [-0.4, -0.2) is 28.2 Å². The number of nitrogens with one attached hydrogen (secondary N) is 2. The Balaban J connectivity index is 1.82. The maximum atomic E-state index is 12.1. The van der Waals surface area contributed by atoms with Gasteiger partial charge < -0.3 is 15.2 Å². The summed E-state index contributed by atoms with van der Waals surface area (Å²) < 4.78 is 5.15. The zero-order valence-corrected chi connectivity index (χ0v) is 14.0. The van der Waals surface area contributed by atoms with E-state index in [0.29, 0.717) is 11.3 Å². The van der Waals surface area contributed by atoms with Gasteiger partial charge in [0.15, 0.2) is 0 Å². The average molecular weight is 311 g/mol. The van der Waals surface area contributed by atoms with Gasteiger partial charge in [-0.05, 0) is 45.8 Å². The van der Waals surface area contributed by atoms with E-state index in [1.165, 1.54) is 6.42 Å². The second kappa shape index (κ2) is 7.20. The number of hydrogen-bond donors (Lipinski definition) is 2. The maximum absolute atomic E-state index is 12.1. The van der Waals surface area contributed by atoms with Crippen molar-refractivity contribution in [2.45, 2.75) is 64.3 Å². The number of thioether (sulfide) groups is 1. The third-order valence-electron chi connectivity index (χ3n) is 3.99. The predicted molar refractivity (Wildman–Crippen MR) is 85.6 cm³/mol. The fraction of sp³-hybridized carbons (Fsp3) is 0.733. The number of urea groups is 1. The molecule has 5 nitrogen and oxygen atoms in total. The Kier molecular flexibility index (Phi) is 5.56. The smallest absolute Gasteiger partial charge is 0.315 e. The van der Waals surface area contributed by atoms with Crippen molar-refractivity contribution in [1.82, 2.24) is 15.8 Å². The summed E-state index contributed by atoms with van der Waals surface area (Å²) in [5, 5.41) is 10.7. The monoisotopic (exact) mass is 311 g/mol. The van der Waals surface area contributed by atoms with E-state index in [4.69, 9.17) is 4.52 Å². The molecule has 3 unspecified atom stereocenters. The Morgan fingerprint density at radius 2 is 2.24 bits per heavy atom. The highest BCUT2D eigenvalue weighted by molar-refractivity contribution is 7.99. The minimum absolute atomic E-state index is 0.0986. The number of carbonyl (C=O) groups excluding carboxylic acids is 1. The van der Waals surface area contributed by atoms with Crippen LogP contribution < -0.4 is 10.6 Å². The molecule has 1 saturated carbocycles. The molecule has 0 bridgehead atoms. The number of aryl methyl sites for hydroxylation is 2. The Labute approximate surface area is 130 Å². The number of carbonyl (C=O) groups is 1. The van der Waals surface area contributed by atoms with Gasteiger partial charge in [-0.3, -0.25) is 0 Å². The van der Waals surface area contributed by atoms with Gasteiger partial charge in [0.05, 0.1) is 11.7 Å². The normalized spacial score (nSPS) is 23.0. The lowest BCUT2D eigenvalue weighted by atomic mass is 10.1. The van der Waals surface area contributed by atoms with Gasteiger partial charge in [-0.2, -0.15) is 11.8 Å². The predicted octanol–water partition coefficient (Wildman–Crippen LogP) is 3.33. The minimum Gasteiger partial charge on any atom is -0.361 e. The third-order valence-corrected chi connectivity index (χ3v) is 5.22. The number of hydrogen-bond acceptors (Lipinski definition) is 4. The molecular formula is C15H25N3O2S. The maximum Gasteiger partial charge on any atom is 0.315 e. The first-order chi connectivity index (χ1) is 10.0. The number of rotatable bonds is 5. The molecule has 1 aromatic rings. The standard InChI is InChI=1S/C15H25N3O2S/c1-5-21-13-7-6-12(8-13)17-15(19)16-9(2)14-10(3)18-20-11(14)4/h9,12-13H,5-8H2,1-4H3,(H2,16,17,19). The summed E-state index contributed by atoms with van der Waals surface area (Å²) in [6.45, 7) is 7.90. The molecule has 1 fully saturated rings. The summed E-state index contributed by atoms with van der Waals surface area (Å²) in [7, 11) is 0. The lowest BCUT2D eigenvalue weighted by Gasteiger charge is -2.18. The van der Waals surface area contributed by atoms with Crippen LogP contribution in [0.15, 0.2) is 4.52 Å². The quantitative estimate of drug-likeness (QED) is 0.875. The molecule has 0 aliphatic heterocycles. The van der Waals surface area contributed by atoms with Crippen molar-refractivity contribution < 1.29 is 9.32 Å². The van der Waals surface area contributed by atoms with Crippen LogP contribution in [0.4, 0.5) is 4.79 Å². The number of aromatic nitrogens is 1. The van der Waals surface area contributed by atoms with E-state index in [9.17, 15) is 4.79 Å². The van der Waals surface area contributed by atoms with Crippen LogP contribution >= 0.6 is 11.8 Å². The fourth-order valence-corrected chi connectivity index (χ4v) is 4.20. The van der Waals surface area contributed by atoms with Crippen molar-refractivity contribution in [3.8, 4) is 0 Å². The van der Waals surface area contributed by atoms with Gasteiger partial charge in [0.1, 0.15) is 5.76 Å². The van der Waals surface area contributed by atoms with Gasteiger partial charge in [-0.25, -0.2) is 4.79 Å². The van der Waals surface area contributed by atoms with Gasteiger partial charge in [0.2, 0.25) is 0 Å². The summed E-state index contributed by atoms with van der Waals surface area (Å²) in [6, 6.07) is 0.0963. The first kappa shape index (κ1) is 16.2. The topological polar surface area (TPSA) is 67.2 Å². The van der Waals surface area contributed by atoms with Crippen LogP contribution in [0.2, 0.25) is 0 Å². The molecule has 0 radical (unpaired) electrons. The Bertz CT molecular complexity index is 470. The van der Waals surface area contributed by atoms with Gasteiger partial charge in [0.25, 0.3) is 0 Å². The molecule has 0 saturated heterocycles. The lowest BCUT2D eigenvalue weighted by molar-refractivity contribution is 0.234. The zero-order valence-electron chi connectivity index (χ0n) is 13.2. The van der Waals surface area contributed by atoms with E-state index in [2.05, 4.69) is 22.7 Å². The lowest BCUT2D eigenvalue weighted by Crippen LogP contribution is -2.42. The zero-order chi connectivity index (χ0) is 15.4. The van der Waals surface area contributed by atoms with Gasteiger partial charge in [0, 0.05) is 16.9 Å². The summed E-state index contributed by atoms with van der Waals surface area (Å²) >= 11 is 1.99. The van der Waals surface area contributed by atoms with E-state index in [-0.39, 0.29) is 12.1 Å². The molecule has 21 heavy (non-hydrogen) atoms. The van der Waals surface area contributed by atoms with E-state index in [1.54, 1.807) is 0 Å². The van der Waals surface area contributed by atoms with E-state index in [0.717, 1.165) is 35.6 Å². The Morgan fingerprint density at radius 1 is 1.48 bits per heavy atom. The summed E-state index contributed by atoms with van der Waals surface area (Å²) in [5.41, 5.74) is 1.80. The van der Waals surface area contributed by atoms with Gasteiger partial charge >= 0.3 is 6.03 Å². The van der Waals surface area contributed by atoms with E-state index in [1.807, 2.05) is 32.5 Å². The van der Waals surface area contributed by atoms with Crippen molar-refractivity contribution in [3.05, 3.63) is 17.0 Å². The van der Waals surface area contributed by atoms with Crippen LogP contribution in [0, 0.1) is 13.8 Å². The highest BCUT2D eigenvalue weighted by Gasteiger charge is 2.26. The van der Waals surface area contributed by atoms with Crippen molar-refractivity contribution in [3.63, 3.8) is 0 Å². The molecule has 2 rings (SSSR count). The first-order valence-corrected chi connectivity index (χ1v) is 8.67. The molecule has 1 aliphatic rings. The Hall–Kier alpha value is -1.17. The highest BCUT2D eigenvalue weighted by atomic mass is 32.2. The second-order valence-corrected chi connectivity index (χ2v) is 7.24. The highest BCUT2D eigenvalue weighted by Crippen LogP contribution is 2.29. The van der Waals surface area contributed by atoms with Crippen LogP contribution in [-0.2, 0) is 0 Å². The molecule has 1 aliphatic carbocycles. The molecule has 2 amide bonds. The number of nitrogens with zero attached hydrogens (tertiary/aromatic N) is 1. The summed E-state index contributed by atoms with van der Waals surface area (Å²) in [4.78, 5) is 12.1. The third kappa shape index (κ3) is 4.15. The average Bonchev–Trinajstić information content (AvgIpc) is 2.97. The molecule has 0 aromatic carbocycles. The summed E-state index contributed by atoms with van der Waals surface area (Å²) in [6.07, 6.45) is 3.35. The molecule has 3 atom stereocenters. The molecular weight excluding hydrogens is 286 g/mol. The molecule has 2 N–H and O–H groups in total. The van der Waals surface area contributed by atoms with E-state index < -0.39 is 0 Å². The first-order valence-electron chi connectivity index (χ1n) is 7.62. The van der Waals surface area contributed by atoms with Gasteiger partial charge in [-0.1, -0.05) is 12.1 Å². The van der Waals surface area contributed by atoms with Crippen molar-refractivity contribution >= 4 is 17.8 Å². The number of amides is 2. The van der Waals surface area contributed by atoms with Crippen molar-refractivity contribution in [1.29, 1.82) is 0 Å². The molecule has 1 aromatic heterocycles. The SMILES string of the molecule is CCSC1CCC(NC(=O)NC(C)c2c(C)noc2C)C1.